The summed E-state index contributed by atoms with van der Waals surface area (Å²) in [5, 5.41) is 4.21. The average molecular weight is 270 g/mol. The first-order valence-electron chi connectivity index (χ1n) is 6.72. The normalized spacial score (nSPS) is 16.2. The Morgan fingerprint density at radius 1 is 1.40 bits per heavy atom. The van der Waals surface area contributed by atoms with Gasteiger partial charge < -0.3 is 15.8 Å². The van der Waals surface area contributed by atoms with E-state index in [9.17, 15) is 4.79 Å². The number of aromatic nitrogens is 1. The van der Waals surface area contributed by atoms with Crippen molar-refractivity contribution in [1.29, 1.82) is 0 Å². The quantitative estimate of drug-likeness (QED) is 0.880. The van der Waals surface area contributed by atoms with Crippen LogP contribution >= 0.6 is 0 Å². The first kappa shape index (κ1) is 12.9. The maximum atomic E-state index is 11.2. The average Bonchev–Trinajstić information content (AvgIpc) is 2.47. The number of hydrogen-bond acceptors (Lipinski definition) is 4. The van der Waals surface area contributed by atoms with E-state index in [1.165, 1.54) is 0 Å². The first-order valence-corrected chi connectivity index (χ1v) is 6.72. The van der Waals surface area contributed by atoms with Gasteiger partial charge in [-0.2, -0.15) is 0 Å². The predicted molar refractivity (Wildman–Crippen MR) is 75.6 cm³/mol. The summed E-state index contributed by atoms with van der Waals surface area (Å²) in [5.41, 5.74) is 6.20. The molecule has 5 nitrogen and oxygen atoms in total. The van der Waals surface area contributed by atoms with Crippen molar-refractivity contribution in [1.82, 2.24) is 10.3 Å². The van der Waals surface area contributed by atoms with Gasteiger partial charge in [0.2, 0.25) is 0 Å². The van der Waals surface area contributed by atoms with Gasteiger partial charge in [-0.1, -0.05) is 6.07 Å². The molecular weight excluding hydrogens is 254 g/mol. The molecule has 0 aliphatic carbocycles. The lowest BCUT2D eigenvalue weighted by atomic mass is 10.1. The number of piperidine rings is 1. The topological polar surface area (TPSA) is 77.2 Å². The van der Waals surface area contributed by atoms with E-state index in [0.29, 0.717) is 11.3 Å². The number of fused-ring (bicyclic) bond motifs is 1. The van der Waals surface area contributed by atoms with Crippen LogP contribution in [0.2, 0.25) is 0 Å². The van der Waals surface area contributed by atoms with Crippen molar-refractivity contribution < 1.29 is 9.53 Å². The van der Waals surface area contributed by atoms with Crippen LogP contribution in [0.25, 0.3) is 10.9 Å². The fourth-order valence-electron chi connectivity index (χ4n) is 2.34. The molecule has 0 saturated carbocycles. The number of carbonyl (C=O) groups excluding carboxylic acids is 1. The molecular formula is C15H16N3O2. The lowest BCUT2D eigenvalue weighted by Gasteiger charge is -2.23. The van der Waals surface area contributed by atoms with Crippen molar-refractivity contribution in [3.05, 3.63) is 36.0 Å². The van der Waals surface area contributed by atoms with Crippen molar-refractivity contribution in [2.24, 2.45) is 5.73 Å². The second-order valence-electron chi connectivity index (χ2n) is 4.90. The summed E-state index contributed by atoms with van der Waals surface area (Å²) in [7, 11) is 0. The standard InChI is InChI=1S/C15H16N3O2/c16-15(19)13-4-2-10-1-3-12(9-14(10)18-13)20-11-5-7-17-8-6-11/h1-2,4,9,11,17H,5-8H2,(H2,16,19). The van der Waals surface area contributed by atoms with Gasteiger partial charge in [-0.15, -0.1) is 0 Å². The molecule has 103 valence electrons. The summed E-state index contributed by atoms with van der Waals surface area (Å²) >= 11 is 0. The van der Waals surface area contributed by atoms with Crippen LogP contribution in [-0.4, -0.2) is 30.1 Å². The van der Waals surface area contributed by atoms with Crippen molar-refractivity contribution in [3.8, 4) is 5.75 Å². The first-order chi connectivity index (χ1) is 9.72. The number of rotatable bonds is 3. The van der Waals surface area contributed by atoms with Crippen LogP contribution < -0.4 is 15.8 Å². The van der Waals surface area contributed by atoms with Crippen molar-refractivity contribution in [2.75, 3.05) is 13.1 Å². The molecule has 1 saturated heterocycles. The predicted octanol–water partition coefficient (Wildman–Crippen LogP) is 1.26. The van der Waals surface area contributed by atoms with Gasteiger partial charge in [-0.3, -0.25) is 4.79 Å². The Morgan fingerprint density at radius 3 is 2.95 bits per heavy atom. The molecule has 2 heterocycles. The molecule has 5 heteroatoms. The van der Waals surface area contributed by atoms with E-state index in [4.69, 9.17) is 10.5 Å². The van der Waals surface area contributed by atoms with E-state index in [1.54, 1.807) is 6.07 Å². The molecule has 1 fully saturated rings. The summed E-state index contributed by atoms with van der Waals surface area (Å²) in [6.07, 6.45) is 2.19. The zero-order valence-corrected chi connectivity index (χ0v) is 11.1. The lowest BCUT2D eigenvalue weighted by Crippen LogP contribution is -2.34. The summed E-state index contributed by atoms with van der Waals surface area (Å²) in [4.78, 5) is 15.4. The molecule has 1 radical (unpaired) electrons. The molecule has 1 aliphatic rings. The van der Waals surface area contributed by atoms with E-state index < -0.39 is 5.91 Å². The molecule has 1 amide bonds. The number of nitrogens with zero attached hydrogens (tertiary/aromatic N) is 1. The fourth-order valence-corrected chi connectivity index (χ4v) is 2.34. The fraction of sp³-hybridized carbons (Fsp3) is 0.333. The summed E-state index contributed by atoms with van der Waals surface area (Å²) in [6, 6.07) is 10.2. The van der Waals surface area contributed by atoms with E-state index >= 15 is 0 Å². The number of carbonyl (C=O) groups is 1. The van der Waals surface area contributed by atoms with Crippen molar-refractivity contribution in [2.45, 2.75) is 18.9 Å². The summed E-state index contributed by atoms with van der Waals surface area (Å²) in [5.74, 6) is 0.138. The summed E-state index contributed by atoms with van der Waals surface area (Å²) < 4.78 is 5.91. The number of nitrogens with one attached hydrogen (secondary N) is 1. The molecule has 3 rings (SSSR count). The van der Waals surface area contributed by atoms with E-state index in [0.717, 1.165) is 31.3 Å². The van der Waals surface area contributed by atoms with Crippen LogP contribution in [0.5, 0.6) is 5.75 Å². The van der Waals surface area contributed by atoms with Crippen LogP contribution in [0.4, 0.5) is 0 Å². The monoisotopic (exact) mass is 270 g/mol. The summed E-state index contributed by atoms with van der Waals surface area (Å²) in [6.45, 7) is 1.95. The maximum absolute atomic E-state index is 11.2. The van der Waals surface area contributed by atoms with Gasteiger partial charge >= 0.3 is 0 Å². The highest BCUT2D eigenvalue weighted by Crippen LogP contribution is 2.21. The molecule has 3 N–H and O–H groups in total. The Bertz CT molecular complexity index is 636. The minimum atomic E-state index is -0.527. The Hall–Kier alpha value is -2.14. The minimum Gasteiger partial charge on any atom is -0.490 e. The van der Waals surface area contributed by atoms with Crippen molar-refractivity contribution >= 4 is 16.8 Å². The molecule has 0 spiro atoms. The number of pyridine rings is 1. The van der Waals surface area contributed by atoms with Crippen LogP contribution in [0.1, 0.15) is 23.3 Å². The molecule has 2 aromatic rings. The van der Waals surface area contributed by atoms with Gasteiger partial charge in [0.15, 0.2) is 0 Å². The van der Waals surface area contributed by atoms with E-state index in [-0.39, 0.29) is 11.8 Å². The van der Waals surface area contributed by atoms with E-state index in [2.05, 4.69) is 16.4 Å². The van der Waals surface area contributed by atoms with Crippen LogP contribution in [0.3, 0.4) is 0 Å². The van der Waals surface area contributed by atoms with Crippen LogP contribution in [0.15, 0.2) is 24.3 Å². The third-order valence-electron chi connectivity index (χ3n) is 3.43. The Kier molecular flexibility index (Phi) is 3.52. The van der Waals surface area contributed by atoms with Gasteiger partial charge in [0.1, 0.15) is 17.5 Å². The Balaban J connectivity index is 1.86. The highest BCUT2D eigenvalue weighted by atomic mass is 16.5. The van der Waals surface area contributed by atoms with Gasteiger partial charge in [0.25, 0.3) is 5.91 Å². The third-order valence-corrected chi connectivity index (χ3v) is 3.43. The van der Waals surface area contributed by atoms with Gasteiger partial charge in [0.05, 0.1) is 5.52 Å². The number of ether oxygens (including phenoxy) is 1. The highest BCUT2D eigenvalue weighted by molar-refractivity contribution is 5.93. The Labute approximate surface area is 117 Å². The second kappa shape index (κ2) is 5.46. The number of primary amides is 1. The molecule has 1 aromatic heterocycles. The molecule has 0 unspecified atom stereocenters. The van der Waals surface area contributed by atoms with Crippen LogP contribution in [-0.2, 0) is 0 Å². The molecule has 1 aliphatic heterocycles. The van der Waals surface area contributed by atoms with Gasteiger partial charge in [0, 0.05) is 17.5 Å². The van der Waals surface area contributed by atoms with Gasteiger partial charge in [-0.05, 0) is 38.1 Å². The van der Waals surface area contributed by atoms with Gasteiger partial charge in [-0.25, -0.2) is 4.98 Å². The molecule has 20 heavy (non-hydrogen) atoms. The number of benzene rings is 1. The molecule has 0 bridgehead atoms. The maximum Gasteiger partial charge on any atom is 0.267 e. The number of nitrogens with two attached hydrogens (primary N) is 1. The number of amides is 1. The van der Waals surface area contributed by atoms with Crippen LogP contribution in [0, 0.1) is 6.07 Å². The number of hydrogen-bond donors (Lipinski definition) is 2. The minimum absolute atomic E-state index is 0.212. The zero-order chi connectivity index (χ0) is 13.9. The highest BCUT2D eigenvalue weighted by Gasteiger charge is 2.15. The molecule has 1 aromatic carbocycles. The van der Waals surface area contributed by atoms with Crippen molar-refractivity contribution in [3.63, 3.8) is 0 Å². The van der Waals surface area contributed by atoms with E-state index in [1.807, 2.05) is 18.2 Å². The largest absolute Gasteiger partial charge is 0.490 e. The second-order valence-corrected chi connectivity index (χ2v) is 4.90. The Morgan fingerprint density at radius 2 is 2.20 bits per heavy atom. The SMILES string of the molecule is NC(=O)c1ccc2c[c]c(OC3CCNCC3)cc2n1. The smallest absolute Gasteiger partial charge is 0.267 e. The zero-order valence-electron chi connectivity index (χ0n) is 11.1. The molecule has 0 atom stereocenters. The lowest BCUT2D eigenvalue weighted by molar-refractivity contribution is 0.0996. The third kappa shape index (κ3) is 2.72.